The van der Waals surface area contributed by atoms with Gasteiger partial charge in [0, 0.05) is 31.0 Å². The fourth-order valence-corrected chi connectivity index (χ4v) is 2.95. The minimum Gasteiger partial charge on any atom is -0.472 e. The van der Waals surface area contributed by atoms with Gasteiger partial charge in [0.2, 0.25) is 5.82 Å². The van der Waals surface area contributed by atoms with Crippen LogP contribution in [0.15, 0.2) is 52.1 Å². The summed E-state index contributed by atoms with van der Waals surface area (Å²) in [7, 11) is 0. The van der Waals surface area contributed by atoms with Crippen LogP contribution < -0.4 is 0 Å². The van der Waals surface area contributed by atoms with E-state index in [4.69, 9.17) is 13.7 Å². The van der Waals surface area contributed by atoms with E-state index in [2.05, 4.69) is 15.1 Å². The third-order valence-corrected chi connectivity index (χ3v) is 4.28. The van der Waals surface area contributed by atoms with E-state index in [-0.39, 0.29) is 18.6 Å². The Morgan fingerprint density at radius 2 is 2.19 bits per heavy atom. The van der Waals surface area contributed by atoms with Crippen LogP contribution in [0.1, 0.15) is 29.1 Å². The summed E-state index contributed by atoms with van der Waals surface area (Å²) in [6.07, 6.45) is 8.04. The summed E-state index contributed by atoms with van der Waals surface area (Å²) in [5.41, 5.74) is 1.40. The molecule has 3 aromatic rings. The van der Waals surface area contributed by atoms with Crippen LogP contribution in [-0.4, -0.2) is 45.1 Å². The summed E-state index contributed by atoms with van der Waals surface area (Å²) < 4.78 is 16.1. The van der Waals surface area contributed by atoms with Gasteiger partial charge in [0.05, 0.1) is 17.9 Å². The predicted molar refractivity (Wildman–Crippen MR) is 90.0 cm³/mol. The molecule has 1 saturated heterocycles. The first-order chi connectivity index (χ1) is 12.8. The number of rotatable bonds is 5. The smallest absolute Gasteiger partial charge is 0.257 e. The molecule has 0 aliphatic carbocycles. The molecule has 0 radical (unpaired) electrons. The molecule has 4 heterocycles. The summed E-state index contributed by atoms with van der Waals surface area (Å²) in [6, 6.07) is 5.30. The maximum atomic E-state index is 12.4. The van der Waals surface area contributed by atoms with Crippen molar-refractivity contribution in [2.45, 2.75) is 25.6 Å². The molecule has 0 N–H and O–H groups in total. The topological polar surface area (TPSA) is 94.5 Å². The molecular formula is C18H18N4O4. The normalized spacial score (nSPS) is 17.4. The zero-order valence-electron chi connectivity index (χ0n) is 14.1. The van der Waals surface area contributed by atoms with Gasteiger partial charge in [-0.1, -0.05) is 5.16 Å². The summed E-state index contributed by atoms with van der Waals surface area (Å²) >= 11 is 0. The first-order valence-electron chi connectivity index (χ1n) is 8.45. The summed E-state index contributed by atoms with van der Waals surface area (Å²) in [5.74, 6) is 0.881. The number of aromatic nitrogens is 3. The lowest BCUT2D eigenvalue weighted by Gasteiger charge is -2.32. The number of furan rings is 1. The minimum absolute atomic E-state index is 0.0372. The molecular weight excluding hydrogens is 336 g/mol. The molecule has 0 spiro atoms. The first kappa shape index (κ1) is 16.5. The van der Waals surface area contributed by atoms with Gasteiger partial charge in [-0.05, 0) is 31.0 Å². The number of ether oxygens (including phenoxy) is 1. The lowest BCUT2D eigenvalue weighted by atomic mass is 10.1. The van der Waals surface area contributed by atoms with E-state index >= 15 is 0 Å². The highest BCUT2D eigenvalue weighted by molar-refractivity contribution is 5.93. The van der Waals surface area contributed by atoms with Crippen LogP contribution >= 0.6 is 0 Å². The van der Waals surface area contributed by atoms with E-state index in [0.717, 1.165) is 24.9 Å². The van der Waals surface area contributed by atoms with Crippen molar-refractivity contribution in [3.05, 3.63) is 54.6 Å². The summed E-state index contributed by atoms with van der Waals surface area (Å²) in [6.45, 7) is 1.47. The third-order valence-electron chi connectivity index (χ3n) is 4.28. The Bertz CT molecular complexity index is 847. The highest BCUT2D eigenvalue weighted by atomic mass is 16.5. The van der Waals surface area contributed by atoms with Crippen molar-refractivity contribution in [3.63, 3.8) is 0 Å². The lowest BCUT2D eigenvalue weighted by molar-refractivity contribution is -0.0153. The van der Waals surface area contributed by atoms with Gasteiger partial charge >= 0.3 is 0 Å². The maximum Gasteiger partial charge on any atom is 0.257 e. The number of likely N-dealkylation sites (tertiary alicyclic amines) is 1. The number of piperidine rings is 1. The van der Waals surface area contributed by atoms with Crippen LogP contribution in [0, 0.1) is 0 Å². The number of amides is 1. The molecule has 8 nitrogen and oxygen atoms in total. The Morgan fingerprint density at radius 1 is 1.31 bits per heavy atom. The zero-order chi connectivity index (χ0) is 17.8. The second-order valence-corrected chi connectivity index (χ2v) is 6.09. The van der Waals surface area contributed by atoms with Crippen LogP contribution in [0.4, 0.5) is 0 Å². The summed E-state index contributed by atoms with van der Waals surface area (Å²) in [5, 5.41) is 3.96. The van der Waals surface area contributed by atoms with Gasteiger partial charge in [-0.15, -0.1) is 0 Å². The molecule has 8 heteroatoms. The molecule has 1 aliphatic heterocycles. The second-order valence-electron chi connectivity index (χ2n) is 6.09. The number of nitrogens with zero attached hydrogens (tertiary/aromatic N) is 4. The van der Waals surface area contributed by atoms with Crippen LogP contribution in [0.25, 0.3) is 11.4 Å². The highest BCUT2D eigenvalue weighted by Crippen LogP contribution is 2.19. The first-order valence-corrected chi connectivity index (χ1v) is 8.45. The van der Waals surface area contributed by atoms with Crippen molar-refractivity contribution in [1.29, 1.82) is 0 Å². The quantitative estimate of drug-likeness (QED) is 0.695. The lowest BCUT2D eigenvalue weighted by Crippen LogP contribution is -2.43. The number of pyridine rings is 1. The Labute approximate surface area is 149 Å². The fourth-order valence-electron chi connectivity index (χ4n) is 2.95. The van der Waals surface area contributed by atoms with Gasteiger partial charge in [0.1, 0.15) is 12.9 Å². The van der Waals surface area contributed by atoms with E-state index in [0.29, 0.717) is 23.8 Å². The molecule has 4 rings (SSSR count). The monoisotopic (exact) mass is 354 g/mol. The summed E-state index contributed by atoms with van der Waals surface area (Å²) in [4.78, 5) is 22.5. The van der Waals surface area contributed by atoms with Crippen molar-refractivity contribution >= 4 is 5.91 Å². The largest absolute Gasteiger partial charge is 0.472 e. The zero-order valence-corrected chi connectivity index (χ0v) is 14.1. The molecule has 0 aromatic carbocycles. The minimum atomic E-state index is -0.0594. The SMILES string of the molecule is O=C(c1ccoc1)N1CCC[C@@H](OCc2nc(-c3ccncc3)no2)C1. The van der Waals surface area contributed by atoms with Gasteiger partial charge in [-0.3, -0.25) is 9.78 Å². The Morgan fingerprint density at radius 3 is 3.00 bits per heavy atom. The van der Waals surface area contributed by atoms with Gasteiger partial charge in [0.15, 0.2) is 0 Å². The van der Waals surface area contributed by atoms with Gasteiger partial charge in [-0.2, -0.15) is 4.98 Å². The average Bonchev–Trinajstić information content (AvgIpc) is 3.39. The molecule has 3 aromatic heterocycles. The number of hydrogen-bond acceptors (Lipinski definition) is 7. The Hall–Kier alpha value is -3.00. The predicted octanol–water partition coefficient (Wildman–Crippen LogP) is 2.55. The highest BCUT2D eigenvalue weighted by Gasteiger charge is 2.26. The molecule has 1 amide bonds. The van der Waals surface area contributed by atoms with E-state index in [1.807, 2.05) is 12.1 Å². The van der Waals surface area contributed by atoms with Crippen molar-refractivity contribution in [3.8, 4) is 11.4 Å². The third kappa shape index (κ3) is 3.65. The fraction of sp³-hybridized carbons (Fsp3) is 0.333. The number of carbonyl (C=O) groups is 1. The molecule has 1 aliphatic rings. The molecule has 0 bridgehead atoms. The van der Waals surface area contributed by atoms with Crippen LogP contribution in [0.3, 0.4) is 0 Å². The van der Waals surface area contributed by atoms with E-state index in [1.54, 1.807) is 23.4 Å². The van der Waals surface area contributed by atoms with Crippen LogP contribution in [-0.2, 0) is 11.3 Å². The number of hydrogen-bond donors (Lipinski definition) is 0. The van der Waals surface area contributed by atoms with Crippen molar-refractivity contribution in [2.75, 3.05) is 13.1 Å². The molecule has 134 valence electrons. The molecule has 26 heavy (non-hydrogen) atoms. The van der Waals surface area contributed by atoms with Gasteiger partial charge in [-0.25, -0.2) is 0 Å². The molecule has 1 atom stereocenters. The van der Waals surface area contributed by atoms with E-state index < -0.39 is 0 Å². The Kier molecular flexibility index (Phi) is 4.74. The molecule has 1 fully saturated rings. The number of carbonyl (C=O) groups excluding carboxylic acids is 1. The Balaban J connectivity index is 1.33. The maximum absolute atomic E-state index is 12.4. The van der Waals surface area contributed by atoms with Crippen molar-refractivity contribution in [1.82, 2.24) is 20.0 Å². The average molecular weight is 354 g/mol. The van der Waals surface area contributed by atoms with Crippen LogP contribution in [0.5, 0.6) is 0 Å². The van der Waals surface area contributed by atoms with Crippen molar-refractivity contribution < 1.29 is 18.5 Å². The van der Waals surface area contributed by atoms with Gasteiger partial charge < -0.3 is 18.6 Å². The van der Waals surface area contributed by atoms with E-state index in [1.165, 1.54) is 12.5 Å². The standard InChI is InChI=1S/C18H18N4O4/c23-18(14-5-9-24-11-14)22-8-1-2-15(10-22)25-12-16-20-17(21-26-16)13-3-6-19-7-4-13/h3-7,9,11,15H,1-2,8,10,12H2/t15-/m1/s1. The van der Waals surface area contributed by atoms with E-state index in [9.17, 15) is 4.79 Å². The molecule has 0 saturated carbocycles. The molecule has 0 unspecified atom stereocenters. The van der Waals surface area contributed by atoms with Crippen LogP contribution in [0.2, 0.25) is 0 Å². The van der Waals surface area contributed by atoms with Crippen molar-refractivity contribution in [2.24, 2.45) is 0 Å². The second kappa shape index (κ2) is 7.49. The van der Waals surface area contributed by atoms with Gasteiger partial charge in [0.25, 0.3) is 11.8 Å².